The van der Waals surface area contributed by atoms with Gasteiger partial charge in [-0.05, 0) is 49.8 Å². The van der Waals surface area contributed by atoms with Crippen LogP contribution in [-0.4, -0.2) is 19.1 Å². The van der Waals surface area contributed by atoms with Crippen molar-refractivity contribution in [1.29, 1.82) is 0 Å². The Bertz CT molecular complexity index is 382. The molecule has 0 radical (unpaired) electrons. The second-order valence-electron chi connectivity index (χ2n) is 4.99. The van der Waals surface area contributed by atoms with Gasteiger partial charge in [0.05, 0.1) is 0 Å². The van der Waals surface area contributed by atoms with Crippen LogP contribution in [0.25, 0.3) is 0 Å². The molecule has 3 rings (SSSR count). The van der Waals surface area contributed by atoms with Crippen LogP contribution >= 0.6 is 0 Å². The highest BCUT2D eigenvalue weighted by Gasteiger charge is 2.31. The summed E-state index contributed by atoms with van der Waals surface area (Å²) in [6.45, 7) is 1.98. The molecule has 2 aliphatic rings. The Morgan fingerprint density at radius 2 is 2.19 bits per heavy atom. The molecule has 0 spiro atoms. The molecule has 1 heterocycles. The highest BCUT2D eigenvalue weighted by molar-refractivity contribution is 5.64. The van der Waals surface area contributed by atoms with Crippen molar-refractivity contribution in [3.63, 3.8) is 0 Å². The predicted octanol–water partition coefficient (Wildman–Crippen LogP) is 2.10. The van der Waals surface area contributed by atoms with Crippen LogP contribution in [0.5, 0.6) is 0 Å². The van der Waals surface area contributed by atoms with Gasteiger partial charge >= 0.3 is 0 Å². The third-order valence-electron chi connectivity index (χ3n) is 4.04. The van der Waals surface area contributed by atoms with Crippen molar-refractivity contribution in [2.24, 2.45) is 5.73 Å². The molecule has 86 valence electrons. The first-order valence-electron chi connectivity index (χ1n) is 6.47. The van der Waals surface area contributed by atoms with E-state index < -0.39 is 0 Å². The molecule has 1 aliphatic heterocycles. The molecule has 1 fully saturated rings. The van der Waals surface area contributed by atoms with E-state index in [1.54, 1.807) is 0 Å². The molecule has 0 bridgehead atoms. The van der Waals surface area contributed by atoms with Gasteiger partial charge in [0.25, 0.3) is 0 Å². The van der Waals surface area contributed by atoms with Gasteiger partial charge in [-0.15, -0.1) is 0 Å². The van der Waals surface area contributed by atoms with Gasteiger partial charge in [-0.3, -0.25) is 0 Å². The minimum absolute atomic E-state index is 0.759. The van der Waals surface area contributed by atoms with E-state index in [0.717, 1.165) is 19.0 Å². The normalized spacial score (nSPS) is 19.7. The van der Waals surface area contributed by atoms with Crippen molar-refractivity contribution >= 4 is 5.69 Å². The first-order valence-corrected chi connectivity index (χ1v) is 6.47. The van der Waals surface area contributed by atoms with E-state index in [1.165, 1.54) is 49.0 Å². The molecule has 2 nitrogen and oxygen atoms in total. The van der Waals surface area contributed by atoms with Crippen LogP contribution in [0.2, 0.25) is 0 Å². The number of hydrogen-bond acceptors (Lipinski definition) is 2. The number of fused-ring (bicyclic) bond motifs is 1. The number of rotatable bonds is 3. The van der Waals surface area contributed by atoms with Gasteiger partial charge < -0.3 is 10.6 Å². The Kier molecular flexibility index (Phi) is 2.60. The van der Waals surface area contributed by atoms with Gasteiger partial charge in [-0.2, -0.15) is 0 Å². The summed E-state index contributed by atoms with van der Waals surface area (Å²) in [7, 11) is 0. The molecule has 0 aromatic heterocycles. The Hall–Kier alpha value is -1.02. The average molecular weight is 216 g/mol. The van der Waals surface area contributed by atoms with Crippen LogP contribution in [0.1, 0.15) is 30.4 Å². The number of benzene rings is 1. The van der Waals surface area contributed by atoms with Crippen molar-refractivity contribution in [3.8, 4) is 0 Å². The van der Waals surface area contributed by atoms with Crippen molar-refractivity contribution in [2.75, 3.05) is 18.0 Å². The van der Waals surface area contributed by atoms with Crippen molar-refractivity contribution in [3.05, 3.63) is 29.3 Å². The van der Waals surface area contributed by atoms with E-state index >= 15 is 0 Å². The third-order valence-corrected chi connectivity index (χ3v) is 4.04. The number of para-hydroxylation sites is 1. The summed E-state index contributed by atoms with van der Waals surface area (Å²) in [5, 5.41) is 0. The maximum atomic E-state index is 5.70. The van der Waals surface area contributed by atoms with E-state index in [0.29, 0.717) is 0 Å². The monoisotopic (exact) mass is 216 g/mol. The van der Waals surface area contributed by atoms with Crippen LogP contribution in [0.4, 0.5) is 5.69 Å². The lowest BCUT2D eigenvalue weighted by molar-refractivity contribution is 0.392. The number of hydrogen-bond donors (Lipinski definition) is 1. The molecule has 0 saturated heterocycles. The maximum absolute atomic E-state index is 5.70. The van der Waals surface area contributed by atoms with Crippen molar-refractivity contribution in [2.45, 2.75) is 38.1 Å². The molecule has 0 amide bonds. The van der Waals surface area contributed by atoms with Crippen molar-refractivity contribution in [1.82, 2.24) is 0 Å². The minimum atomic E-state index is 0.759. The molecule has 16 heavy (non-hydrogen) atoms. The first-order chi connectivity index (χ1) is 7.90. The minimum Gasteiger partial charge on any atom is -0.368 e. The largest absolute Gasteiger partial charge is 0.368 e. The molecule has 1 saturated carbocycles. The van der Waals surface area contributed by atoms with Gasteiger partial charge in [-0.1, -0.05) is 18.2 Å². The summed E-state index contributed by atoms with van der Waals surface area (Å²) in [6, 6.07) is 7.55. The smallest absolute Gasteiger partial charge is 0.0435 e. The molecule has 1 aromatic carbocycles. The fraction of sp³-hybridized carbons (Fsp3) is 0.571. The van der Waals surface area contributed by atoms with Crippen molar-refractivity contribution < 1.29 is 0 Å². The zero-order valence-corrected chi connectivity index (χ0v) is 9.78. The summed E-state index contributed by atoms with van der Waals surface area (Å²) in [5.41, 5.74) is 10.2. The number of anilines is 1. The van der Waals surface area contributed by atoms with Crippen LogP contribution in [0.15, 0.2) is 18.2 Å². The average Bonchev–Trinajstić information content (AvgIpc) is 2.61. The summed E-state index contributed by atoms with van der Waals surface area (Å²) >= 11 is 0. The molecule has 0 atom stereocenters. The van der Waals surface area contributed by atoms with Gasteiger partial charge in [0.1, 0.15) is 0 Å². The molecular weight excluding hydrogens is 196 g/mol. The maximum Gasteiger partial charge on any atom is 0.0435 e. The topological polar surface area (TPSA) is 29.3 Å². The van der Waals surface area contributed by atoms with Gasteiger partial charge in [0.15, 0.2) is 0 Å². The Labute approximate surface area is 97.4 Å². The van der Waals surface area contributed by atoms with Crippen LogP contribution in [-0.2, 0) is 12.8 Å². The van der Waals surface area contributed by atoms with E-state index in [9.17, 15) is 0 Å². The van der Waals surface area contributed by atoms with E-state index in [-0.39, 0.29) is 0 Å². The third kappa shape index (κ3) is 1.52. The SMILES string of the molecule is NCCc1cccc2c1N(C1CCC1)CC2. The zero-order chi connectivity index (χ0) is 11.0. The summed E-state index contributed by atoms with van der Waals surface area (Å²) in [6.07, 6.45) is 6.43. The fourth-order valence-electron chi connectivity index (χ4n) is 2.99. The second-order valence-corrected chi connectivity index (χ2v) is 4.99. The standard InChI is InChI=1S/C14H20N2/c15-9-7-11-3-1-4-12-8-10-16(14(11)12)13-5-2-6-13/h1,3-4,13H,2,5-10,15H2. The lowest BCUT2D eigenvalue weighted by atomic mass is 9.91. The molecule has 2 N–H and O–H groups in total. The second kappa shape index (κ2) is 4.10. The Balaban J connectivity index is 1.94. The van der Waals surface area contributed by atoms with Crippen LogP contribution in [0, 0.1) is 0 Å². The van der Waals surface area contributed by atoms with Crippen LogP contribution in [0.3, 0.4) is 0 Å². The zero-order valence-electron chi connectivity index (χ0n) is 9.78. The van der Waals surface area contributed by atoms with Gasteiger partial charge in [0, 0.05) is 18.3 Å². The number of nitrogens with two attached hydrogens (primary N) is 1. The molecule has 1 aliphatic carbocycles. The molecular formula is C14H20N2. The number of nitrogens with zero attached hydrogens (tertiary/aromatic N) is 1. The summed E-state index contributed by atoms with van der Waals surface area (Å²) < 4.78 is 0. The fourth-order valence-corrected chi connectivity index (χ4v) is 2.99. The molecule has 0 unspecified atom stereocenters. The van der Waals surface area contributed by atoms with E-state index in [1.807, 2.05) is 0 Å². The Morgan fingerprint density at radius 3 is 2.88 bits per heavy atom. The van der Waals surface area contributed by atoms with Gasteiger partial charge in [-0.25, -0.2) is 0 Å². The molecule has 2 heteroatoms. The summed E-state index contributed by atoms with van der Waals surface area (Å²) in [4.78, 5) is 2.64. The first kappa shape index (κ1) is 10.2. The highest BCUT2D eigenvalue weighted by Crippen LogP contribution is 2.38. The molecule has 1 aromatic rings. The van der Waals surface area contributed by atoms with E-state index in [2.05, 4.69) is 23.1 Å². The lowest BCUT2D eigenvalue weighted by Gasteiger charge is -2.37. The van der Waals surface area contributed by atoms with Crippen LogP contribution < -0.4 is 10.6 Å². The summed E-state index contributed by atoms with van der Waals surface area (Å²) in [5.74, 6) is 0. The quantitative estimate of drug-likeness (QED) is 0.838. The van der Waals surface area contributed by atoms with E-state index in [4.69, 9.17) is 5.73 Å². The lowest BCUT2D eigenvalue weighted by Crippen LogP contribution is -2.39. The predicted molar refractivity (Wildman–Crippen MR) is 67.9 cm³/mol. The highest BCUT2D eigenvalue weighted by atomic mass is 15.2. The van der Waals surface area contributed by atoms with Gasteiger partial charge in [0.2, 0.25) is 0 Å². The Morgan fingerprint density at radius 1 is 1.31 bits per heavy atom.